The zero-order valence-electron chi connectivity index (χ0n) is 12.8. The number of anilines is 1. The van der Waals surface area contributed by atoms with Gasteiger partial charge in [-0.3, -0.25) is 4.79 Å². The Kier molecular flexibility index (Phi) is 4.33. The second-order valence-corrected chi connectivity index (χ2v) is 6.53. The van der Waals surface area contributed by atoms with Gasteiger partial charge in [0, 0.05) is 37.8 Å². The highest BCUT2D eigenvalue weighted by Crippen LogP contribution is 2.21. The van der Waals surface area contributed by atoms with E-state index >= 15 is 0 Å². The summed E-state index contributed by atoms with van der Waals surface area (Å²) < 4.78 is 0. The van der Waals surface area contributed by atoms with Crippen LogP contribution in [0, 0.1) is 6.92 Å². The monoisotopic (exact) mass is 317 g/mol. The first-order chi connectivity index (χ1) is 10.6. The number of piperidine rings is 1. The molecule has 2 aromatic heterocycles. The van der Waals surface area contributed by atoms with Crippen LogP contribution in [0.2, 0.25) is 0 Å². The number of carbonyl (C=O) groups excluding carboxylic acids is 1. The number of amides is 1. The van der Waals surface area contributed by atoms with Crippen LogP contribution in [0.3, 0.4) is 0 Å². The first-order valence-electron chi connectivity index (χ1n) is 7.37. The van der Waals surface area contributed by atoms with Crippen molar-refractivity contribution in [2.45, 2.75) is 25.8 Å². The van der Waals surface area contributed by atoms with E-state index in [4.69, 9.17) is 0 Å². The van der Waals surface area contributed by atoms with E-state index in [-0.39, 0.29) is 5.91 Å². The molecule has 2 aromatic rings. The minimum absolute atomic E-state index is 0.0463. The predicted molar refractivity (Wildman–Crippen MR) is 86.2 cm³/mol. The van der Waals surface area contributed by atoms with Gasteiger partial charge in [0.25, 0.3) is 5.91 Å². The SMILES string of the molecule is Cc1nc(C(=O)N2CCC(N(C)c3cccnn3)CC2)cs1. The Morgan fingerprint density at radius 2 is 2.18 bits per heavy atom. The van der Waals surface area contributed by atoms with Gasteiger partial charge in [0.1, 0.15) is 5.69 Å². The molecule has 0 bridgehead atoms. The summed E-state index contributed by atoms with van der Waals surface area (Å²) in [7, 11) is 2.04. The molecule has 3 rings (SSSR count). The van der Waals surface area contributed by atoms with Crippen molar-refractivity contribution in [2.24, 2.45) is 0 Å². The van der Waals surface area contributed by atoms with E-state index in [1.165, 1.54) is 11.3 Å². The molecule has 0 unspecified atom stereocenters. The second-order valence-electron chi connectivity index (χ2n) is 5.47. The van der Waals surface area contributed by atoms with Gasteiger partial charge in [0.05, 0.1) is 5.01 Å². The largest absolute Gasteiger partial charge is 0.355 e. The average Bonchev–Trinajstić information content (AvgIpc) is 3.01. The maximum Gasteiger partial charge on any atom is 0.273 e. The molecule has 3 heterocycles. The Balaban J connectivity index is 1.59. The molecule has 7 heteroatoms. The Morgan fingerprint density at radius 3 is 2.77 bits per heavy atom. The molecule has 22 heavy (non-hydrogen) atoms. The fraction of sp³-hybridized carbons (Fsp3) is 0.467. The molecule has 0 aromatic carbocycles. The molecular formula is C15H19N5OS. The first-order valence-corrected chi connectivity index (χ1v) is 8.25. The van der Waals surface area contributed by atoms with Crippen molar-refractivity contribution >= 4 is 23.1 Å². The third-order valence-corrected chi connectivity index (χ3v) is 4.83. The van der Waals surface area contributed by atoms with Crippen molar-refractivity contribution in [1.82, 2.24) is 20.1 Å². The van der Waals surface area contributed by atoms with Crippen molar-refractivity contribution < 1.29 is 4.79 Å². The van der Waals surface area contributed by atoms with Gasteiger partial charge < -0.3 is 9.80 Å². The van der Waals surface area contributed by atoms with Crippen LogP contribution in [0.25, 0.3) is 0 Å². The van der Waals surface area contributed by atoms with Gasteiger partial charge in [-0.2, -0.15) is 5.10 Å². The zero-order chi connectivity index (χ0) is 15.5. The highest BCUT2D eigenvalue weighted by molar-refractivity contribution is 7.09. The molecule has 1 aliphatic rings. The lowest BCUT2D eigenvalue weighted by atomic mass is 10.0. The minimum atomic E-state index is 0.0463. The number of hydrogen-bond acceptors (Lipinski definition) is 6. The van der Waals surface area contributed by atoms with Crippen molar-refractivity contribution in [2.75, 3.05) is 25.0 Å². The number of rotatable bonds is 3. The van der Waals surface area contributed by atoms with Crippen molar-refractivity contribution in [3.63, 3.8) is 0 Å². The van der Waals surface area contributed by atoms with Gasteiger partial charge in [0.2, 0.25) is 0 Å². The molecule has 0 N–H and O–H groups in total. The van der Waals surface area contributed by atoms with Crippen LogP contribution in [0.5, 0.6) is 0 Å². The highest BCUT2D eigenvalue weighted by Gasteiger charge is 2.27. The van der Waals surface area contributed by atoms with Crippen molar-refractivity contribution in [3.8, 4) is 0 Å². The van der Waals surface area contributed by atoms with E-state index in [1.807, 2.05) is 36.4 Å². The number of thiazole rings is 1. The molecule has 1 saturated heterocycles. The minimum Gasteiger partial charge on any atom is -0.355 e. The summed E-state index contributed by atoms with van der Waals surface area (Å²) in [5, 5.41) is 10.8. The number of likely N-dealkylation sites (tertiary alicyclic amines) is 1. The van der Waals surface area contributed by atoms with E-state index in [0.717, 1.165) is 36.8 Å². The zero-order valence-corrected chi connectivity index (χ0v) is 13.6. The molecule has 6 nitrogen and oxygen atoms in total. The number of aryl methyl sites for hydroxylation is 1. The van der Waals surface area contributed by atoms with E-state index < -0.39 is 0 Å². The molecule has 0 aliphatic carbocycles. The van der Waals surface area contributed by atoms with Gasteiger partial charge in [-0.05, 0) is 31.9 Å². The van der Waals surface area contributed by atoms with Gasteiger partial charge >= 0.3 is 0 Å². The lowest BCUT2D eigenvalue weighted by molar-refractivity contribution is 0.0708. The standard InChI is InChI=1S/C15H19N5OS/c1-11-17-13(10-22-11)15(21)20-8-5-12(6-9-20)19(2)14-4-3-7-16-18-14/h3-4,7,10,12H,5-6,8-9H2,1-2H3. The summed E-state index contributed by atoms with van der Waals surface area (Å²) in [5.41, 5.74) is 0.572. The van der Waals surface area contributed by atoms with E-state index in [0.29, 0.717) is 11.7 Å². The Bertz CT molecular complexity index is 636. The molecule has 1 fully saturated rings. The van der Waals surface area contributed by atoms with Gasteiger partial charge in [0.15, 0.2) is 5.82 Å². The summed E-state index contributed by atoms with van der Waals surface area (Å²) in [6, 6.07) is 4.24. The van der Waals surface area contributed by atoms with Crippen LogP contribution < -0.4 is 4.90 Å². The lowest BCUT2D eigenvalue weighted by Gasteiger charge is -2.36. The topological polar surface area (TPSA) is 62.2 Å². The van der Waals surface area contributed by atoms with Gasteiger partial charge in [-0.25, -0.2) is 4.98 Å². The van der Waals surface area contributed by atoms with Crippen LogP contribution in [0.1, 0.15) is 28.3 Å². The van der Waals surface area contributed by atoms with Gasteiger partial charge in [-0.1, -0.05) is 0 Å². The second kappa shape index (κ2) is 6.39. The number of nitrogens with zero attached hydrogens (tertiary/aromatic N) is 5. The predicted octanol–water partition coefficient (Wildman–Crippen LogP) is 1.98. The Labute approximate surface area is 133 Å². The van der Waals surface area contributed by atoms with E-state index in [2.05, 4.69) is 20.1 Å². The third-order valence-electron chi connectivity index (χ3n) is 4.06. The maximum atomic E-state index is 12.4. The fourth-order valence-corrected chi connectivity index (χ4v) is 3.34. The summed E-state index contributed by atoms with van der Waals surface area (Å²) in [6.45, 7) is 3.43. The molecule has 0 spiro atoms. The number of hydrogen-bond donors (Lipinski definition) is 0. The average molecular weight is 317 g/mol. The smallest absolute Gasteiger partial charge is 0.273 e. The Morgan fingerprint density at radius 1 is 1.41 bits per heavy atom. The van der Waals surface area contributed by atoms with Crippen LogP contribution in [-0.2, 0) is 0 Å². The van der Waals surface area contributed by atoms with E-state index in [9.17, 15) is 4.79 Å². The first kappa shape index (κ1) is 14.9. The molecule has 1 amide bonds. The molecule has 0 atom stereocenters. The van der Waals surface area contributed by atoms with Crippen LogP contribution >= 0.6 is 11.3 Å². The summed E-state index contributed by atoms with van der Waals surface area (Å²) in [5.74, 6) is 0.923. The molecule has 0 radical (unpaired) electrons. The lowest BCUT2D eigenvalue weighted by Crippen LogP contribution is -2.46. The van der Waals surface area contributed by atoms with E-state index in [1.54, 1.807) is 6.20 Å². The van der Waals surface area contributed by atoms with Crippen LogP contribution in [-0.4, -0.2) is 52.2 Å². The number of aromatic nitrogens is 3. The van der Waals surface area contributed by atoms with Crippen molar-refractivity contribution in [1.29, 1.82) is 0 Å². The summed E-state index contributed by atoms with van der Waals surface area (Å²) in [4.78, 5) is 20.7. The molecule has 1 aliphatic heterocycles. The van der Waals surface area contributed by atoms with Crippen LogP contribution in [0.15, 0.2) is 23.7 Å². The van der Waals surface area contributed by atoms with Crippen LogP contribution in [0.4, 0.5) is 5.82 Å². The normalized spacial score (nSPS) is 15.8. The summed E-state index contributed by atoms with van der Waals surface area (Å²) in [6.07, 6.45) is 3.54. The summed E-state index contributed by atoms with van der Waals surface area (Å²) >= 11 is 1.52. The fourth-order valence-electron chi connectivity index (χ4n) is 2.75. The molecule has 116 valence electrons. The Hall–Kier alpha value is -2.02. The third kappa shape index (κ3) is 3.09. The highest BCUT2D eigenvalue weighted by atomic mass is 32.1. The maximum absolute atomic E-state index is 12.4. The van der Waals surface area contributed by atoms with Crippen molar-refractivity contribution in [3.05, 3.63) is 34.4 Å². The quantitative estimate of drug-likeness (QED) is 0.866. The molecule has 0 saturated carbocycles. The van der Waals surface area contributed by atoms with Gasteiger partial charge in [-0.15, -0.1) is 16.4 Å². The number of carbonyl (C=O) groups is 1. The molecular weight excluding hydrogens is 298 g/mol.